The van der Waals surface area contributed by atoms with E-state index in [1.165, 1.54) is 5.56 Å². The average Bonchev–Trinajstić information content (AvgIpc) is 2.34. The molecule has 1 aromatic heterocycles. The number of aromatic nitrogens is 1. The molecule has 1 aromatic rings. The smallest absolute Gasteiger partial charge is 0.303 e. The highest BCUT2D eigenvalue weighted by Gasteiger charge is 2.19. The van der Waals surface area contributed by atoms with Crippen molar-refractivity contribution >= 4 is 5.97 Å². The normalized spacial score (nSPS) is 11.4. The molecule has 1 heterocycles. The molecule has 4 heteroatoms. The molecule has 2 N–H and O–H groups in total. The molecular formula is C14H22N2O2. The second-order valence-corrected chi connectivity index (χ2v) is 5.15. The van der Waals surface area contributed by atoms with E-state index in [1.807, 2.05) is 24.5 Å². The van der Waals surface area contributed by atoms with Crippen molar-refractivity contribution in [3.05, 3.63) is 30.1 Å². The number of pyridine rings is 1. The van der Waals surface area contributed by atoms with Crippen LogP contribution in [0, 0.1) is 0 Å². The maximum Gasteiger partial charge on any atom is 0.303 e. The Morgan fingerprint density at radius 2 is 2.00 bits per heavy atom. The summed E-state index contributed by atoms with van der Waals surface area (Å²) in [5.41, 5.74) is 1.32. The van der Waals surface area contributed by atoms with Crippen LogP contribution in [0.15, 0.2) is 24.5 Å². The first-order valence-electron chi connectivity index (χ1n) is 6.35. The second-order valence-electron chi connectivity index (χ2n) is 5.15. The quantitative estimate of drug-likeness (QED) is 0.694. The van der Waals surface area contributed by atoms with Gasteiger partial charge in [0.2, 0.25) is 0 Å². The lowest BCUT2D eigenvalue weighted by molar-refractivity contribution is -0.137. The van der Waals surface area contributed by atoms with Gasteiger partial charge < -0.3 is 10.4 Å². The topological polar surface area (TPSA) is 62.2 Å². The third kappa shape index (κ3) is 5.27. The number of carbonyl (C=O) groups is 1. The summed E-state index contributed by atoms with van der Waals surface area (Å²) in [6, 6.07) is 4.07. The first-order valence-corrected chi connectivity index (χ1v) is 6.35. The van der Waals surface area contributed by atoms with Crippen LogP contribution < -0.4 is 5.32 Å². The monoisotopic (exact) mass is 250 g/mol. The molecule has 100 valence electrons. The fourth-order valence-electron chi connectivity index (χ4n) is 1.83. The van der Waals surface area contributed by atoms with Gasteiger partial charge in [0, 0.05) is 30.8 Å². The van der Waals surface area contributed by atoms with Crippen LogP contribution in [0.25, 0.3) is 0 Å². The lowest BCUT2D eigenvalue weighted by atomic mass is 9.85. The molecule has 0 radical (unpaired) electrons. The number of hydrogen-bond donors (Lipinski definition) is 2. The predicted octanol–water partition coefficient (Wildman–Crippen LogP) is 2.20. The van der Waals surface area contributed by atoms with E-state index < -0.39 is 5.97 Å². The van der Waals surface area contributed by atoms with E-state index in [0.29, 0.717) is 0 Å². The van der Waals surface area contributed by atoms with Gasteiger partial charge in [-0.3, -0.25) is 9.78 Å². The van der Waals surface area contributed by atoms with Gasteiger partial charge in [0.25, 0.3) is 0 Å². The van der Waals surface area contributed by atoms with Gasteiger partial charge >= 0.3 is 5.97 Å². The highest BCUT2D eigenvalue weighted by atomic mass is 16.4. The van der Waals surface area contributed by atoms with Gasteiger partial charge in [-0.1, -0.05) is 13.8 Å². The number of unbranched alkanes of at least 4 members (excludes halogenated alkanes) is 1. The van der Waals surface area contributed by atoms with Crippen molar-refractivity contribution in [1.29, 1.82) is 0 Å². The van der Waals surface area contributed by atoms with E-state index in [1.54, 1.807) is 0 Å². The van der Waals surface area contributed by atoms with Crippen LogP contribution in [-0.4, -0.2) is 29.1 Å². The van der Waals surface area contributed by atoms with E-state index in [2.05, 4.69) is 24.1 Å². The third-order valence-electron chi connectivity index (χ3n) is 3.02. The van der Waals surface area contributed by atoms with Gasteiger partial charge in [0.05, 0.1) is 0 Å². The fourth-order valence-corrected chi connectivity index (χ4v) is 1.83. The first-order chi connectivity index (χ1) is 8.52. The lowest BCUT2D eigenvalue weighted by Crippen LogP contribution is -2.33. The summed E-state index contributed by atoms with van der Waals surface area (Å²) in [6.45, 7) is 6.12. The fraction of sp³-hybridized carbons (Fsp3) is 0.571. The molecule has 0 aliphatic carbocycles. The molecule has 0 unspecified atom stereocenters. The van der Waals surface area contributed by atoms with Crippen LogP contribution >= 0.6 is 0 Å². The predicted molar refractivity (Wildman–Crippen MR) is 71.6 cm³/mol. The van der Waals surface area contributed by atoms with Gasteiger partial charge in [0.15, 0.2) is 0 Å². The van der Waals surface area contributed by atoms with Crippen LogP contribution in [0.2, 0.25) is 0 Å². The minimum atomic E-state index is -0.716. The zero-order chi connectivity index (χ0) is 13.4. The van der Waals surface area contributed by atoms with Gasteiger partial charge in [0.1, 0.15) is 0 Å². The second kappa shape index (κ2) is 7.11. The summed E-state index contributed by atoms with van der Waals surface area (Å²) in [4.78, 5) is 14.4. The molecule has 0 aliphatic rings. The standard InChI is InChI=1S/C14H22N2O2/c1-14(2,12-6-9-15-10-7-12)11-16-8-4-3-5-13(17)18/h6-7,9-10,16H,3-5,8,11H2,1-2H3,(H,17,18). The Hall–Kier alpha value is -1.42. The van der Waals surface area contributed by atoms with Crippen molar-refractivity contribution in [1.82, 2.24) is 10.3 Å². The molecule has 0 atom stereocenters. The molecule has 4 nitrogen and oxygen atoms in total. The summed E-state index contributed by atoms with van der Waals surface area (Å²) in [7, 11) is 0. The number of nitrogens with zero attached hydrogens (tertiary/aromatic N) is 1. The molecule has 0 saturated heterocycles. The molecule has 18 heavy (non-hydrogen) atoms. The van der Waals surface area contributed by atoms with E-state index >= 15 is 0 Å². The molecule has 1 rings (SSSR count). The van der Waals surface area contributed by atoms with E-state index in [-0.39, 0.29) is 11.8 Å². The molecule has 0 spiro atoms. The van der Waals surface area contributed by atoms with E-state index in [0.717, 1.165) is 25.9 Å². The molecular weight excluding hydrogens is 228 g/mol. The number of nitrogens with one attached hydrogen (secondary N) is 1. The zero-order valence-electron chi connectivity index (χ0n) is 11.1. The van der Waals surface area contributed by atoms with Crippen molar-refractivity contribution < 1.29 is 9.90 Å². The van der Waals surface area contributed by atoms with Crippen molar-refractivity contribution in [3.8, 4) is 0 Å². The van der Waals surface area contributed by atoms with Crippen molar-refractivity contribution in [2.45, 2.75) is 38.5 Å². The SMILES string of the molecule is CC(C)(CNCCCCC(=O)O)c1ccncc1. The third-order valence-corrected chi connectivity index (χ3v) is 3.02. The van der Waals surface area contributed by atoms with Crippen molar-refractivity contribution in [2.24, 2.45) is 0 Å². The first kappa shape index (κ1) is 14.6. The molecule has 0 fully saturated rings. The Bertz CT molecular complexity index is 363. The van der Waals surface area contributed by atoms with Gasteiger partial charge in [-0.2, -0.15) is 0 Å². The van der Waals surface area contributed by atoms with Crippen LogP contribution in [0.4, 0.5) is 0 Å². The van der Waals surface area contributed by atoms with E-state index in [9.17, 15) is 4.79 Å². The largest absolute Gasteiger partial charge is 0.481 e. The summed E-state index contributed by atoms with van der Waals surface area (Å²) < 4.78 is 0. The Morgan fingerprint density at radius 3 is 2.61 bits per heavy atom. The maximum absolute atomic E-state index is 10.3. The zero-order valence-corrected chi connectivity index (χ0v) is 11.1. The Labute approximate surface area is 108 Å². The molecule has 0 aromatic carbocycles. The highest BCUT2D eigenvalue weighted by Crippen LogP contribution is 2.21. The number of carboxylic acids is 1. The number of hydrogen-bond acceptors (Lipinski definition) is 3. The Morgan fingerprint density at radius 1 is 1.33 bits per heavy atom. The lowest BCUT2D eigenvalue weighted by Gasteiger charge is -2.25. The Balaban J connectivity index is 2.24. The Kier molecular flexibility index (Phi) is 5.78. The van der Waals surface area contributed by atoms with Gasteiger partial charge in [-0.25, -0.2) is 0 Å². The minimum Gasteiger partial charge on any atom is -0.481 e. The summed E-state index contributed by atoms with van der Waals surface area (Å²) in [5.74, 6) is -0.716. The average molecular weight is 250 g/mol. The van der Waals surface area contributed by atoms with Gasteiger partial charge in [-0.15, -0.1) is 0 Å². The van der Waals surface area contributed by atoms with Crippen LogP contribution in [-0.2, 0) is 10.2 Å². The molecule has 0 saturated carbocycles. The molecule has 0 aliphatic heterocycles. The minimum absolute atomic E-state index is 0.0652. The van der Waals surface area contributed by atoms with Gasteiger partial charge in [-0.05, 0) is 37.1 Å². The molecule has 0 amide bonds. The summed E-state index contributed by atoms with van der Waals surface area (Å²) in [6.07, 6.45) is 5.51. The van der Waals surface area contributed by atoms with Crippen molar-refractivity contribution in [3.63, 3.8) is 0 Å². The number of rotatable bonds is 8. The highest BCUT2D eigenvalue weighted by molar-refractivity contribution is 5.66. The summed E-state index contributed by atoms with van der Waals surface area (Å²) >= 11 is 0. The number of carboxylic acid groups (broad SMARTS) is 1. The van der Waals surface area contributed by atoms with E-state index in [4.69, 9.17) is 5.11 Å². The van der Waals surface area contributed by atoms with Crippen LogP contribution in [0.5, 0.6) is 0 Å². The summed E-state index contributed by atoms with van der Waals surface area (Å²) in [5, 5.41) is 11.9. The van der Waals surface area contributed by atoms with Crippen LogP contribution in [0.1, 0.15) is 38.7 Å². The molecule has 0 bridgehead atoms. The maximum atomic E-state index is 10.3. The number of aliphatic carboxylic acids is 1. The van der Waals surface area contributed by atoms with Crippen LogP contribution in [0.3, 0.4) is 0 Å². The van der Waals surface area contributed by atoms with Crippen molar-refractivity contribution in [2.75, 3.05) is 13.1 Å².